The van der Waals surface area contributed by atoms with Crippen molar-refractivity contribution >= 4 is 5.97 Å². The molecular formula is C18H24O5. The minimum Gasteiger partial charge on any atom is -0.510 e. The first kappa shape index (κ1) is 17.3. The van der Waals surface area contributed by atoms with Crippen LogP contribution in [0.25, 0.3) is 0 Å². The first-order valence-electron chi connectivity index (χ1n) is 7.95. The number of allylic oxidation sites excluding steroid dienone is 1. The molecule has 0 atom stereocenters. The normalized spacial score (nSPS) is 18.3. The molecule has 0 spiro atoms. The van der Waals surface area contributed by atoms with Crippen LogP contribution in [-0.2, 0) is 16.6 Å². The highest BCUT2D eigenvalue weighted by molar-refractivity contribution is 5.81. The van der Waals surface area contributed by atoms with Gasteiger partial charge in [0.15, 0.2) is 0 Å². The summed E-state index contributed by atoms with van der Waals surface area (Å²) in [6, 6.07) is 4.93. The van der Waals surface area contributed by atoms with E-state index in [1.807, 2.05) is 0 Å². The molecule has 0 saturated heterocycles. The summed E-state index contributed by atoms with van der Waals surface area (Å²) in [6.07, 6.45) is 4.28. The molecule has 0 bridgehead atoms. The van der Waals surface area contributed by atoms with E-state index in [0.717, 1.165) is 19.3 Å². The number of hydrogen-bond donors (Lipinski definition) is 4. The Hall–Kier alpha value is -2.01. The van der Waals surface area contributed by atoms with Gasteiger partial charge in [-0.25, -0.2) is 0 Å². The largest absolute Gasteiger partial charge is 0.510 e. The Labute approximate surface area is 135 Å². The van der Waals surface area contributed by atoms with E-state index in [1.165, 1.54) is 6.07 Å². The van der Waals surface area contributed by atoms with Crippen molar-refractivity contribution in [2.75, 3.05) is 6.61 Å². The molecule has 0 aromatic heterocycles. The quantitative estimate of drug-likeness (QED) is 0.625. The SMILES string of the molecule is CC(Cc1cc(C2(C(=O)O)CCCCC2)ccc1O)=C(O)CO. The van der Waals surface area contributed by atoms with E-state index in [-0.39, 0.29) is 17.9 Å². The molecule has 5 nitrogen and oxygen atoms in total. The number of carbonyl (C=O) groups is 1. The summed E-state index contributed by atoms with van der Waals surface area (Å²) in [7, 11) is 0. The average molecular weight is 320 g/mol. The van der Waals surface area contributed by atoms with Crippen molar-refractivity contribution < 1.29 is 25.2 Å². The minimum absolute atomic E-state index is 0.0650. The molecule has 0 amide bonds. The molecule has 126 valence electrons. The van der Waals surface area contributed by atoms with Crippen LogP contribution in [0.1, 0.15) is 50.2 Å². The van der Waals surface area contributed by atoms with Crippen molar-refractivity contribution in [3.63, 3.8) is 0 Å². The van der Waals surface area contributed by atoms with Gasteiger partial charge in [-0.05, 0) is 42.5 Å². The topological polar surface area (TPSA) is 98.0 Å². The van der Waals surface area contributed by atoms with Crippen LogP contribution in [0.5, 0.6) is 5.75 Å². The lowest BCUT2D eigenvalue weighted by Gasteiger charge is -2.34. The van der Waals surface area contributed by atoms with E-state index >= 15 is 0 Å². The van der Waals surface area contributed by atoms with Gasteiger partial charge in [-0.1, -0.05) is 31.4 Å². The number of aliphatic hydroxyl groups is 2. The Bertz CT molecular complexity index is 612. The zero-order valence-corrected chi connectivity index (χ0v) is 13.4. The van der Waals surface area contributed by atoms with Gasteiger partial charge in [-0.2, -0.15) is 0 Å². The number of phenols is 1. The Morgan fingerprint density at radius 3 is 2.39 bits per heavy atom. The minimum atomic E-state index is -0.892. The number of carboxylic acids is 1. The van der Waals surface area contributed by atoms with Crippen LogP contribution in [0.2, 0.25) is 0 Å². The predicted octanol–water partition coefficient (Wildman–Crippen LogP) is 3.05. The fourth-order valence-electron chi connectivity index (χ4n) is 3.33. The van der Waals surface area contributed by atoms with Gasteiger partial charge in [0.25, 0.3) is 0 Å². The number of aromatic hydroxyl groups is 1. The van der Waals surface area contributed by atoms with Crippen LogP contribution in [-0.4, -0.2) is 33.0 Å². The molecule has 1 aliphatic rings. The van der Waals surface area contributed by atoms with E-state index in [0.29, 0.717) is 29.5 Å². The van der Waals surface area contributed by atoms with Gasteiger partial charge in [0.05, 0.1) is 5.41 Å². The standard InChI is InChI=1S/C18H24O5/c1-12(16(21)11-19)9-13-10-14(5-6-15(13)20)18(17(22)23)7-3-2-4-8-18/h5-6,10,19-21H,2-4,7-9,11H2,1H3,(H,22,23). The van der Waals surface area contributed by atoms with Gasteiger partial charge in [0.2, 0.25) is 0 Å². The second-order valence-corrected chi connectivity index (χ2v) is 6.35. The van der Waals surface area contributed by atoms with Crippen LogP contribution in [0.4, 0.5) is 0 Å². The second kappa shape index (κ2) is 7.04. The molecule has 23 heavy (non-hydrogen) atoms. The number of benzene rings is 1. The first-order valence-corrected chi connectivity index (χ1v) is 7.95. The molecule has 5 heteroatoms. The summed E-state index contributed by atoms with van der Waals surface area (Å²) in [5, 5.41) is 38.4. The number of carboxylic acid groups (broad SMARTS) is 1. The first-order chi connectivity index (χ1) is 10.9. The van der Waals surface area contributed by atoms with Crippen molar-refractivity contribution in [1.82, 2.24) is 0 Å². The van der Waals surface area contributed by atoms with E-state index < -0.39 is 18.0 Å². The number of hydrogen-bond acceptors (Lipinski definition) is 4. The number of rotatable bonds is 5. The third kappa shape index (κ3) is 3.50. The average Bonchev–Trinajstić information content (AvgIpc) is 2.56. The summed E-state index contributed by atoms with van der Waals surface area (Å²) in [4.78, 5) is 11.9. The maximum absolute atomic E-state index is 11.9. The van der Waals surface area contributed by atoms with E-state index in [9.17, 15) is 20.1 Å². The summed E-state index contributed by atoms with van der Waals surface area (Å²) < 4.78 is 0. The van der Waals surface area contributed by atoms with Gasteiger partial charge in [0, 0.05) is 6.42 Å². The summed E-state index contributed by atoms with van der Waals surface area (Å²) >= 11 is 0. The Morgan fingerprint density at radius 2 is 1.83 bits per heavy atom. The maximum atomic E-state index is 11.9. The number of aliphatic hydroxyl groups excluding tert-OH is 2. The van der Waals surface area contributed by atoms with Gasteiger partial charge >= 0.3 is 5.97 Å². The second-order valence-electron chi connectivity index (χ2n) is 6.35. The lowest BCUT2D eigenvalue weighted by Crippen LogP contribution is -2.37. The predicted molar refractivity (Wildman–Crippen MR) is 86.6 cm³/mol. The Kier molecular flexibility index (Phi) is 5.31. The molecule has 4 N–H and O–H groups in total. The van der Waals surface area contributed by atoms with Crippen molar-refractivity contribution in [2.45, 2.75) is 50.9 Å². The van der Waals surface area contributed by atoms with Gasteiger partial charge in [-0.3, -0.25) is 4.79 Å². The van der Waals surface area contributed by atoms with Crippen molar-refractivity contribution in [1.29, 1.82) is 0 Å². The lowest BCUT2D eigenvalue weighted by atomic mass is 9.69. The summed E-state index contributed by atoms with van der Waals surface area (Å²) in [5.74, 6) is -0.880. The number of aliphatic carboxylic acids is 1. The molecule has 1 saturated carbocycles. The maximum Gasteiger partial charge on any atom is 0.314 e. The van der Waals surface area contributed by atoms with E-state index in [4.69, 9.17) is 5.11 Å². The van der Waals surface area contributed by atoms with Crippen molar-refractivity contribution in [3.05, 3.63) is 40.7 Å². The summed E-state index contributed by atoms with van der Waals surface area (Å²) in [5.41, 5.74) is 0.921. The molecule has 0 aliphatic heterocycles. The molecule has 1 aliphatic carbocycles. The molecule has 1 aromatic rings. The van der Waals surface area contributed by atoms with E-state index in [1.54, 1.807) is 19.1 Å². The molecule has 0 unspecified atom stereocenters. The Morgan fingerprint density at radius 1 is 1.17 bits per heavy atom. The monoisotopic (exact) mass is 320 g/mol. The molecule has 1 fully saturated rings. The van der Waals surface area contributed by atoms with Gasteiger partial charge < -0.3 is 20.4 Å². The van der Waals surface area contributed by atoms with Gasteiger partial charge in [0.1, 0.15) is 18.1 Å². The number of phenolic OH excluding ortho intramolecular Hbond substituents is 1. The third-order valence-corrected chi connectivity index (χ3v) is 4.85. The lowest BCUT2D eigenvalue weighted by molar-refractivity contribution is -0.145. The van der Waals surface area contributed by atoms with Crippen LogP contribution in [0, 0.1) is 0 Å². The van der Waals surface area contributed by atoms with Crippen LogP contribution >= 0.6 is 0 Å². The van der Waals surface area contributed by atoms with E-state index in [2.05, 4.69) is 0 Å². The molecule has 0 heterocycles. The van der Waals surface area contributed by atoms with Gasteiger partial charge in [-0.15, -0.1) is 0 Å². The summed E-state index contributed by atoms with van der Waals surface area (Å²) in [6.45, 7) is 1.22. The molecule has 1 aromatic carbocycles. The van der Waals surface area contributed by atoms with Crippen molar-refractivity contribution in [2.24, 2.45) is 0 Å². The zero-order chi connectivity index (χ0) is 17.0. The smallest absolute Gasteiger partial charge is 0.314 e. The fourth-order valence-corrected chi connectivity index (χ4v) is 3.33. The zero-order valence-electron chi connectivity index (χ0n) is 13.4. The van der Waals surface area contributed by atoms with Crippen LogP contribution in [0.3, 0.4) is 0 Å². The third-order valence-electron chi connectivity index (χ3n) is 4.85. The van der Waals surface area contributed by atoms with Crippen LogP contribution in [0.15, 0.2) is 29.5 Å². The molecular weight excluding hydrogens is 296 g/mol. The highest BCUT2D eigenvalue weighted by atomic mass is 16.4. The highest BCUT2D eigenvalue weighted by Crippen LogP contribution is 2.41. The molecule has 2 rings (SSSR count). The van der Waals surface area contributed by atoms with Crippen molar-refractivity contribution in [3.8, 4) is 5.75 Å². The molecule has 0 radical (unpaired) electrons. The van der Waals surface area contributed by atoms with Crippen LogP contribution < -0.4 is 0 Å². The Balaban J connectivity index is 2.41. The highest BCUT2D eigenvalue weighted by Gasteiger charge is 2.41. The fraction of sp³-hybridized carbons (Fsp3) is 0.500.